The third-order valence-corrected chi connectivity index (χ3v) is 9.28. The van der Waals surface area contributed by atoms with E-state index >= 15 is 0 Å². The number of amides is 3. The normalized spacial score (nSPS) is 16.4. The molecule has 1 unspecified atom stereocenters. The molecular formula is C36H38F7N3O6. The van der Waals surface area contributed by atoms with Crippen LogP contribution in [0.3, 0.4) is 0 Å². The number of halogens is 7. The summed E-state index contributed by atoms with van der Waals surface area (Å²) in [6.07, 6.45) is -10.2. The molecule has 52 heavy (non-hydrogen) atoms. The van der Waals surface area contributed by atoms with Crippen molar-refractivity contribution in [2.45, 2.75) is 58.3 Å². The predicted octanol–water partition coefficient (Wildman–Crippen LogP) is 6.86. The number of aryl methyl sites for hydroxylation is 1. The Kier molecular flexibility index (Phi) is 11.2. The van der Waals surface area contributed by atoms with E-state index in [9.17, 15) is 55.3 Å². The first-order chi connectivity index (χ1) is 24.0. The summed E-state index contributed by atoms with van der Waals surface area (Å²) in [6.45, 7) is 5.24. The molecule has 4 rings (SSSR count). The molecule has 2 N–H and O–H groups in total. The Morgan fingerprint density at radius 2 is 1.52 bits per heavy atom. The lowest BCUT2D eigenvalue weighted by Gasteiger charge is -2.33. The lowest BCUT2D eigenvalue weighted by molar-refractivity contribution is -0.143. The van der Waals surface area contributed by atoms with Gasteiger partial charge < -0.3 is 19.8 Å². The Hall–Kier alpha value is -4.57. The highest BCUT2D eigenvalue weighted by Gasteiger charge is 2.57. The average Bonchev–Trinajstić information content (AvgIpc) is 3.37. The molecule has 1 atom stereocenters. The molecule has 3 aromatic rings. The number of imide groups is 1. The van der Waals surface area contributed by atoms with E-state index in [1.165, 1.54) is 45.3 Å². The Morgan fingerprint density at radius 1 is 0.962 bits per heavy atom. The van der Waals surface area contributed by atoms with Gasteiger partial charge in [-0.2, -0.15) is 26.3 Å². The van der Waals surface area contributed by atoms with Gasteiger partial charge >= 0.3 is 18.4 Å². The van der Waals surface area contributed by atoms with E-state index in [2.05, 4.69) is 4.98 Å². The SMILES string of the molecule is Cc1cc(F)ccc1-c1cc(C2CN(C(=O)OCC(C)C)C(=O)C2(CO)CO)ncc1N(C)C(=O)C(C)(C)c1cc(C(F)(F)F)cc(C(F)(F)F)c1. The number of pyridine rings is 1. The second kappa shape index (κ2) is 14.5. The average molecular weight is 742 g/mol. The number of hydrogen-bond donors (Lipinski definition) is 2. The van der Waals surface area contributed by atoms with Gasteiger partial charge in [0.05, 0.1) is 48.2 Å². The summed E-state index contributed by atoms with van der Waals surface area (Å²) in [6, 6.07) is 6.00. The van der Waals surface area contributed by atoms with Crippen LogP contribution in [0.4, 0.5) is 41.2 Å². The van der Waals surface area contributed by atoms with Crippen LogP contribution < -0.4 is 4.90 Å². The number of hydrogen-bond acceptors (Lipinski definition) is 7. The molecule has 16 heteroatoms. The van der Waals surface area contributed by atoms with Crippen molar-refractivity contribution in [2.24, 2.45) is 11.3 Å². The Morgan fingerprint density at radius 3 is 2.02 bits per heavy atom. The van der Waals surface area contributed by atoms with Crippen LogP contribution in [0, 0.1) is 24.1 Å². The summed E-state index contributed by atoms with van der Waals surface area (Å²) in [5, 5.41) is 20.9. The summed E-state index contributed by atoms with van der Waals surface area (Å²) in [5.74, 6) is -3.66. The Balaban J connectivity index is 1.87. The van der Waals surface area contributed by atoms with Crippen LogP contribution in [0.1, 0.15) is 61.6 Å². The molecule has 0 bridgehead atoms. The molecule has 1 aliphatic rings. The first-order valence-electron chi connectivity index (χ1n) is 16.0. The van der Waals surface area contributed by atoms with E-state index in [4.69, 9.17) is 4.74 Å². The van der Waals surface area contributed by atoms with Crippen molar-refractivity contribution in [3.8, 4) is 11.1 Å². The lowest BCUT2D eigenvalue weighted by atomic mass is 9.76. The Bertz CT molecular complexity index is 1820. The zero-order chi connectivity index (χ0) is 39.1. The molecule has 282 valence electrons. The maximum absolute atomic E-state index is 14.2. The molecule has 1 saturated heterocycles. The van der Waals surface area contributed by atoms with Gasteiger partial charge in [0, 0.05) is 30.8 Å². The van der Waals surface area contributed by atoms with Crippen molar-refractivity contribution < 1.29 is 60.1 Å². The number of aromatic nitrogens is 1. The van der Waals surface area contributed by atoms with Gasteiger partial charge in [0.15, 0.2) is 0 Å². The van der Waals surface area contributed by atoms with Crippen LogP contribution in [0.2, 0.25) is 0 Å². The van der Waals surface area contributed by atoms with Gasteiger partial charge in [-0.1, -0.05) is 19.9 Å². The van der Waals surface area contributed by atoms with Crippen molar-refractivity contribution in [1.29, 1.82) is 0 Å². The number of rotatable bonds is 9. The quantitative estimate of drug-likeness (QED) is 0.230. The topological polar surface area (TPSA) is 120 Å². The summed E-state index contributed by atoms with van der Waals surface area (Å²) in [4.78, 5) is 46.7. The first-order valence-corrected chi connectivity index (χ1v) is 16.0. The number of nitrogens with zero attached hydrogens (tertiary/aromatic N) is 3. The number of likely N-dealkylation sites (tertiary alicyclic amines) is 1. The van der Waals surface area contributed by atoms with E-state index in [0.717, 1.165) is 15.9 Å². The second-order valence-corrected chi connectivity index (χ2v) is 13.8. The minimum atomic E-state index is -5.16. The molecule has 9 nitrogen and oxygen atoms in total. The fraction of sp³-hybridized carbons (Fsp3) is 0.444. The number of aliphatic hydroxyl groups excluding tert-OH is 2. The largest absolute Gasteiger partial charge is 0.449 e. The van der Waals surface area contributed by atoms with Crippen LogP contribution >= 0.6 is 0 Å². The maximum Gasteiger partial charge on any atom is 0.416 e. The first kappa shape index (κ1) is 40.2. The number of anilines is 1. The number of benzene rings is 2. The van der Waals surface area contributed by atoms with Crippen LogP contribution in [-0.2, 0) is 32.1 Å². The monoisotopic (exact) mass is 741 g/mol. The van der Waals surface area contributed by atoms with Crippen molar-refractivity contribution in [1.82, 2.24) is 9.88 Å². The molecular weight excluding hydrogens is 703 g/mol. The highest BCUT2D eigenvalue weighted by molar-refractivity contribution is 6.03. The summed E-state index contributed by atoms with van der Waals surface area (Å²) < 4.78 is 102. The number of carbonyl (C=O) groups is 3. The van der Waals surface area contributed by atoms with Crippen LogP contribution in [-0.4, -0.2) is 71.4 Å². The minimum absolute atomic E-state index is 0.00401. The second-order valence-electron chi connectivity index (χ2n) is 13.8. The van der Waals surface area contributed by atoms with E-state index < -0.39 is 82.7 Å². The molecule has 1 fully saturated rings. The van der Waals surface area contributed by atoms with E-state index in [1.54, 1.807) is 20.8 Å². The molecule has 1 aromatic heterocycles. The standard InChI is InChI=1S/C36H38F7N3O6/c1-19(2)16-52-32(51)46-15-27(34(17-47,18-48)31(46)50)28-13-26(25-8-7-24(37)9-20(25)3)29(14-44-28)45(6)30(49)33(4,5)21-10-22(35(38,39)40)12-23(11-21)36(41,42)43/h7-14,19,27,47-48H,15-18H2,1-6H3. The van der Waals surface area contributed by atoms with E-state index in [-0.39, 0.29) is 42.1 Å². The van der Waals surface area contributed by atoms with Crippen LogP contribution in [0.25, 0.3) is 11.1 Å². The van der Waals surface area contributed by atoms with Crippen molar-refractivity contribution in [3.63, 3.8) is 0 Å². The van der Waals surface area contributed by atoms with Gasteiger partial charge in [-0.3, -0.25) is 14.6 Å². The summed E-state index contributed by atoms with van der Waals surface area (Å²) in [7, 11) is 1.23. The third-order valence-electron chi connectivity index (χ3n) is 9.28. The van der Waals surface area contributed by atoms with Crippen molar-refractivity contribution in [2.75, 3.05) is 38.3 Å². The van der Waals surface area contributed by atoms with Crippen LogP contribution in [0.5, 0.6) is 0 Å². The van der Waals surface area contributed by atoms with Gasteiger partial charge in [-0.05, 0) is 79.8 Å². The zero-order valence-electron chi connectivity index (χ0n) is 29.1. The molecule has 0 radical (unpaired) electrons. The molecule has 0 spiro atoms. The molecule has 2 heterocycles. The number of carbonyl (C=O) groups excluding carboxylic acids is 3. The van der Waals surface area contributed by atoms with Gasteiger partial charge in [-0.25, -0.2) is 14.1 Å². The number of aliphatic hydroxyl groups is 2. The molecule has 0 saturated carbocycles. The van der Waals surface area contributed by atoms with Gasteiger partial charge in [0.2, 0.25) is 11.8 Å². The Labute approximate surface area is 295 Å². The molecule has 3 amide bonds. The van der Waals surface area contributed by atoms with Crippen molar-refractivity contribution >= 4 is 23.6 Å². The smallest absolute Gasteiger partial charge is 0.416 e. The van der Waals surface area contributed by atoms with Gasteiger partial charge in [0.1, 0.15) is 11.2 Å². The van der Waals surface area contributed by atoms with Gasteiger partial charge in [0.25, 0.3) is 0 Å². The highest BCUT2D eigenvalue weighted by Crippen LogP contribution is 2.46. The van der Waals surface area contributed by atoms with E-state index in [1.807, 2.05) is 0 Å². The number of likely N-dealkylation sites (N-methyl/N-ethyl adjacent to an activating group) is 1. The number of ether oxygens (including phenoxy) is 1. The summed E-state index contributed by atoms with van der Waals surface area (Å²) >= 11 is 0. The highest BCUT2D eigenvalue weighted by atomic mass is 19.4. The fourth-order valence-electron chi connectivity index (χ4n) is 6.15. The molecule has 2 aromatic carbocycles. The lowest BCUT2D eigenvalue weighted by Crippen LogP contribution is -2.44. The minimum Gasteiger partial charge on any atom is -0.449 e. The predicted molar refractivity (Wildman–Crippen MR) is 174 cm³/mol. The fourth-order valence-corrected chi connectivity index (χ4v) is 6.15. The zero-order valence-corrected chi connectivity index (χ0v) is 29.1. The number of alkyl halides is 6. The molecule has 0 aliphatic carbocycles. The maximum atomic E-state index is 14.2. The van der Waals surface area contributed by atoms with Gasteiger partial charge in [-0.15, -0.1) is 0 Å². The van der Waals surface area contributed by atoms with E-state index in [0.29, 0.717) is 23.3 Å². The third kappa shape index (κ3) is 7.63. The van der Waals surface area contributed by atoms with Crippen molar-refractivity contribution in [3.05, 3.63) is 82.4 Å². The molecule has 1 aliphatic heterocycles. The van der Waals surface area contributed by atoms with Crippen LogP contribution in [0.15, 0.2) is 48.7 Å². The summed E-state index contributed by atoms with van der Waals surface area (Å²) in [5.41, 5.74) is -6.78.